The number of ether oxygens (including phenoxy) is 1. The molecule has 0 amide bonds. The van der Waals surface area contributed by atoms with E-state index in [1.165, 1.54) is 4.57 Å². The molecule has 0 atom stereocenters. The van der Waals surface area contributed by atoms with Crippen molar-refractivity contribution in [1.82, 2.24) is 4.57 Å². The molecular weight excluding hydrogens is 302 g/mol. The van der Waals surface area contributed by atoms with Crippen molar-refractivity contribution in [2.24, 2.45) is 0 Å². The van der Waals surface area contributed by atoms with Crippen LogP contribution in [0.4, 0.5) is 0 Å². The van der Waals surface area contributed by atoms with Crippen LogP contribution in [-0.4, -0.2) is 21.7 Å². The summed E-state index contributed by atoms with van der Waals surface area (Å²) in [7, 11) is 0. The van der Waals surface area contributed by atoms with E-state index in [9.17, 15) is 9.59 Å². The Morgan fingerprint density at radius 1 is 1.32 bits per heavy atom. The highest BCUT2D eigenvalue weighted by Crippen LogP contribution is 2.27. The lowest BCUT2D eigenvalue weighted by Crippen LogP contribution is -2.16. The van der Waals surface area contributed by atoms with Crippen molar-refractivity contribution in [3.63, 3.8) is 0 Å². The van der Waals surface area contributed by atoms with Gasteiger partial charge in [0.15, 0.2) is 0 Å². The minimum Gasteiger partial charge on any atom is -0.491 e. The zero-order chi connectivity index (χ0) is 16.3. The number of nitrogens with zero attached hydrogens (tertiary/aromatic N) is 1. The van der Waals surface area contributed by atoms with Crippen LogP contribution in [0.1, 0.15) is 25.1 Å². The van der Waals surface area contributed by atoms with Gasteiger partial charge in [-0.15, -0.1) is 0 Å². The molecule has 0 aliphatic rings. The van der Waals surface area contributed by atoms with Crippen molar-refractivity contribution in [3.05, 3.63) is 38.8 Å². The molecule has 0 saturated carbocycles. The van der Waals surface area contributed by atoms with Gasteiger partial charge >= 0.3 is 10.8 Å². The molecule has 22 heavy (non-hydrogen) atoms. The van der Waals surface area contributed by atoms with Crippen molar-refractivity contribution in [1.29, 1.82) is 0 Å². The van der Waals surface area contributed by atoms with Crippen LogP contribution in [0.25, 0.3) is 11.3 Å². The Bertz CT molecular complexity index is 713. The first-order valence-corrected chi connectivity index (χ1v) is 7.89. The molecule has 0 saturated heterocycles. The van der Waals surface area contributed by atoms with E-state index in [-0.39, 0.29) is 23.9 Å². The number of carbonyl (C=O) groups is 1. The van der Waals surface area contributed by atoms with Gasteiger partial charge in [-0.1, -0.05) is 11.3 Å². The maximum absolute atomic E-state index is 12.0. The van der Waals surface area contributed by atoms with Gasteiger partial charge in [-0.25, -0.2) is 0 Å². The Morgan fingerprint density at radius 3 is 2.50 bits per heavy atom. The zero-order valence-electron chi connectivity index (χ0n) is 12.8. The van der Waals surface area contributed by atoms with Gasteiger partial charge in [-0.3, -0.25) is 14.2 Å². The minimum atomic E-state index is -0.914. The van der Waals surface area contributed by atoms with Crippen LogP contribution < -0.4 is 9.61 Å². The number of thiazole rings is 1. The Balaban J connectivity index is 2.35. The second kappa shape index (κ2) is 6.79. The zero-order valence-corrected chi connectivity index (χ0v) is 13.6. The summed E-state index contributed by atoms with van der Waals surface area (Å²) < 4.78 is 7.14. The molecule has 0 unspecified atom stereocenters. The molecule has 0 bridgehead atoms. The van der Waals surface area contributed by atoms with Crippen LogP contribution in [0, 0.1) is 6.92 Å². The van der Waals surface area contributed by atoms with Crippen LogP contribution in [-0.2, 0) is 11.3 Å². The molecular formula is C16H19NO4S. The Labute approximate surface area is 132 Å². The van der Waals surface area contributed by atoms with Crippen molar-refractivity contribution in [3.8, 4) is 17.0 Å². The predicted octanol–water partition coefficient (Wildman–Crippen LogP) is 3.15. The summed E-state index contributed by atoms with van der Waals surface area (Å²) in [6, 6.07) is 7.50. The SMILES string of the molecule is Cc1sc(=O)n(CCC(=O)O)c1-c1ccc(OC(C)C)cc1. The third-order valence-electron chi connectivity index (χ3n) is 3.11. The number of aromatic nitrogens is 1. The number of rotatable bonds is 6. The first-order chi connectivity index (χ1) is 10.4. The second-order valence-corrected chi connectivity index (χ2v) is 6.42. The van der Waals surface area contributed by atoms with Gasteiger partial charge < -0.3 is 9.84 Å². The Morgan fingerprint density at radius 2 is 1.95 bits per heavy atom. The number of hydrogen-bond donors (Lipinski definition) is 1. The van der Waals surface area contributed by atoms with Gasteiger partial charge in [0, 0.05) is 11.4 Å². The number of carboxylic acid groups (broad SMARTS) is 1. The van der Waals surface area contributed by atoms with E-state index in [0.717, 1.165) is 33.2 Å². The van der Waals surface area contributed by atoms with E-state index in [0.29, 0.717) is 0 Å². The quantitative estimate of drug-likeness (QED) is 0.887. The van der Waals surface area contributed by atoms with Crippen LogP contribution in [0.15, 0.2) is 29.1 Å². The number of aryl methyl sites for hydroxylation is 1. The summed E-state index contributed by atoms with van der Waals surface area (Å²) in [5.74, 6) is -0.145. The summed E-state index contributed by atoms with van der Waals surface area (Å²) in [4.78, 5) is 23.5. The highest BCUT2D eigenvalue weighted by Gasteiger charge is 2.14. The Kier molecular flexibility index (Phi) is 5.03. The number of benzene rings is 1. The van der Waals surface area contributed by atoms with Crippen molar-refractivity contribution < 1.29 is 14.6 Å². The second-order valence-electron chi connectivity index (χ2n) is 5.26. The van der Waals surface area contributed by atoms with Crippen LogP contribution in [0.2, 0.25) is 0 Å². The lowest BCUT2D eigenvalue weighted by Gasteiger charge is -2.11. The lowest BCUT2D eigenvalue weighted by molar-refractivity contribution is -0.137. The lowest BCUT2D eigenvalue weighted by atomic mass is 10.1. The highest BCUT2D eigenvalue weighted by atomic mass is 32.1. The van der Waals surface area contributed by atoms with E-state index < -0.39 is 5.97 Å². The van der Waals surface area contributed by atoms with Crippen molar-refractivity contribution in [2.75, 3.05) is 0 Å². The summed E-state index contributed by atoms with van der Waals surface area (Å²) in [6.07, 6.45) is 0.0277. The normalized spacial score (nSPS) is 10.9. The summed E-state index contributed by atoms with van der Waals surface area (Å²) >= 11 is 1.14. The predicted molar refractivity (Wildman–Crippen MR) is 86.8 cm³/mol. The van der Waals surface area contributed by atoms with Gasteiger partial charge in [-0.05, 0) is 50.6 Å². The summed E-state index contributed by atoms with van der Waals surface area (Å²) in [5.41, 5.74) is 1.67. The molecule has 118 valence electrons. The summed E-state index contributed by atoms with van der Waals surface area (Å²) in [5, 5.41) is 8.83. The van der Waals surface area contributed by atoms with E-state index in [2.05, 4.69) is 0 Å². The molecule has 0 fully saturated rings. The average Bonchev–Trinajstić information content (AvgIpc) is 2.71. The molecule has 5 nitrogen and oxygen atoms in total. The van der Waals surface area contributed by atoms with E-state index in [1.54, 1.807) is 0 Å². The molecule has 0 spiro atoms. The first-order valence-electron chi connectivity index (χ1n) is 7.07. The topological polar surface area (TPSA) is 68.5 Å². The van der Waals surface area contributed by atoms with Gasteiger partial charge in [-0.2, -0.15) is 0 Å². The first kappa shape index (κ1) is 16.3. The Hall–Kier alpha value is -2.08. The smallest absolute Gasteiger partial charge is 0.307 e. The monoisotopic (exact) mass is 321 g/mol. The third kappa shape index (κ3) is 3.76. The largest absolute Gasteiger partial charge is 0.491 e. The fraction of sp³-hybridized carbons (Fsp3) is 0.375. The van der Waals surface area contributed by atoms with Gasteiger partial charge in [0.1, 0.15) is 5.75 Å². The maximum atomic E-state index is 12.0. The van der Waals surface area contributed by atoms with E-state index in [1.807, 2.05) is 45.0 Å². The standard InChI is InChI=1S/C16H19NO4S/c1-10(2)21-13-6-4-12(5-7-13)15-11(3)22-16(20)17(15)9-8-14(18)19/h4-7,10H,8-9H2,1-3H3,(H,18,19). The highest BCUT2D eigenvalue weighted by molar-refractivity contribution is 7.09. The number of carboxylic acids is 1. The number of aliphatic carboxylic acids is 1. The van der Waals surface area contributed by atoms with Gasteiger partial charge in [0.05, 0.1) is 18.2 Å². The maximum Gasteiger partial charge on any atom is 0.307 e. The third-order valence-corrected chi connectivity index (χ3v) is 4.01. The van der Waals surface area contributed by atoms with Gasteiger partial charge in [0.2, 0.25) is 0 Å². The number of hydrogen-bond acceptors (Lipinski definition) is 4. The average molecular weight is 321 g/mol. The van der Waals surface area contributed by atoms with Crippen molar-refractivity contribution in [2.45, 2.75) is 39.8 Å². The van der Waals surface area contributed by atoms with Crippen LogP contribution in [0.3, 0.4) is 0 Å². The molecule has 1 aromatic heterocycles. The van der Waals surface area contributed by atoms with E-state index >= 15 is 0 Å². The minimum absolute atomic E-state index is 0.0718. The van der Waals surface area contributed by atoms with Crippen LogP contribution in [0.5, 0.6) is 5.75 Å². The molecule has 2 aromatic rings. The van der Waals surface area contributed by atoms with Crippen molar-refractivity contribution >= 4 is 17.3 Å². The fourth-order valence-electron chi connectivity index (χ4n) is 2.25. The molecule has 2 rings (SSSR count). The molecule has 0 aliphatic heterocycles. The molecule has 1 aromatic carbocycles. The van der Waals surface area contributed by atoms with Gasteiger partial charge in [0.25, 0.3) is 0 Å². The van der Waals surface area contributed by atoms with E-state index in [4.69, 9.17) is 9.84 Å². The molecule has 6 heteroatoms. The summed E-state index contributed by atoms with van der Waals surface area (Å²) in [6.45, 7) is 5.97. The fourth-order valence-corrected chi connectivity index (χ4v) is 3.13. The molecule has 0 aliphatic carbocycles. The van der Waals surface area contributed by atoms with Crippen LogP contribution >= 0.6 is 11.3 Å². The molecule has 1 heterocycles. The molecule has 1 N–H and O–H groups in total. The molecule has 0 radical (unpaired) electrons.